The summed E-state index contributed by atoms with van der Waals surface area (Å²) in [4.78, 5) is 0. The lowest BCUT2D eigenvalue weighted by Crippen LogP contribution is -2.41. The Hall–Kier alpha value is -0.0800. The van der Waals surface area contributed by atoms with E-state index in [2.05, 4.69) is 5.32 Å². The van der Waals surface area contributed by atoms with Crippen LogP contribution >= 0.6 is 0 Å². The molecule has 2 saturated heterocycles. The van der Waals surface area contributed by atoms with Crippen LogP contribution < -0.4 is 5.32 Å². The van der Waals surface area contributed by atoms with Gasteiger partial charge in [-0.2, -0.15) is 0 Å². The van der Waals surface area contributed by atoms with E-state index in [1.165, 1.54) is 25.7 Å². The molecule has 2 heterocycles. The Morgan fingerprint density at radius 1 is 1.20 bits per heavy atom. The minimum Gasteiger partial charge on any atom is -0.396 e. The van der Waals surface area contributed by atoms with E-state index in [9.17, 15) is 0 Å². The molecule has 3 atom stereocenters. The van der Waals surface area contributed by atoms with Gasteiger partial charge in [0.05, 0.1) is 0 Å². The lowest BCUT2D eigenvalue weighted by Gasteiger charge is -2.28. The van der Waals surface area contributed by atoms with Crippen LogP contribution in [0.25, 0.3) is 0 Å². The van der Waals surface area contributed by atoms with Gasteiger partial charge in [0, 0.05) is 18.7 Å². The smallest absolute Gasteiger partial charge is 0.0474 e. The van der Waals surface area contributed by atoms with Crippen molar-refractivity contribution in [3.63, 3.8) is 0 Å². The SMILES string of the molecule is OC[C@@H]1CC[C@@H]2CC[C@H]1N2. The molecule has 0 aromatic carbocycles. The lowest BCUT2D eigenvalue weighted by molar-refractivity contribution is 0.165. The van der Waals surface area contributed by atoms with Gasteiger partial charge in [-0.25, -0.2) is 0 Å². The first-order valence-electron chi connectivity index (χ1n) is 4.27. The van der Waals surface area contributed by atoms with Crippen molar-refractivity contribution in [1.29, 1.82) is 0 Å². The van der Waals surface area contributed by atoms with Crippen LogP contribution in [0.15, 0.2) is 0 Å². The van der Waals surface area contributed by atoms with Crippen molar-refractivity contribution in [3.8, 4) is 0 Å². The summed E-state index contributed by atoms with van der Waals surface area (Å²) in [6, 6.07) is 1.43. The average Bonchev–Trinajstić information content (AvgIpc) is 2.34. The van der Waals surface area contributed by atoms with Crippen molar-refractivity contribution in [2.45, 2.75) is 37.8 Å². The number of aliphatic hydroxyl groups is 1. The normalized spacial score (nSPS) is 45.9. The number of rotatable bonds is 1. The van der Waals surface area contributed by atoms with Gasteiger partial charge in [0.1, 0.15) is 0 Å². The number of nitrogens with one attached hydrogen (secondary N) is 1. The maximum Gasteiger partial charge on any atom is 0.0474 e. The number of piperidine rings is 1. The van der Waals surface area contributed by atoms with Crippen LogP contribution in [-0.2, 0) is 0 Å². The average molecular weight is 141 g/mol. The zero-order chi connectivity index (χ0) is 6.97. The summed E-state index contributed by atoms with van der Waals surface area (Å²) in [5.74, 6) is 0.554. The standard InChI is InChI=1S/C8H15NO/c10-5-6-1-2-7-3-4-8(6)9-7/h6-10H,1-5H2/t6-,7+,8+/m0/s1. The first-order chi connectivity index (χ1) is 4.90. The molecule has 58 valence electrons. The van der Waals surface area contributed by atoms with Crippen LogP contribution in [0.1, 0.15) is 25.7 Å². The predicted molar refractivity (Wildman–Crippen MR) is 39.8 cm³/mol. The number of aliphatic hydroxyl groups excluding tert-OH is 1. The molecular formula is C8H15NO. The van der Waals surface area contributed by atoms with Gasteiger partial charge in [0.25, 0.3) is 0 Å². The van der Waals surface area contributed by atoms with Crippen molar-refractivity contribution in [2.24, 2.45) is 5.92 Å². The summed E-state index contributed by atoms with van der Waals surface area (Å²) < 4.78 is 0. The van der Waals surface area contributed by atoms with E-state index >= 15 is 0 Å². The molecule has 0 unspecified atom stereocenters. The Morgan fingerprint density at radius 2 is 2.00 bits per heavy atom. The summed E-state index contributed by atoms with van der Waals surface area (Å²) >= 11 is 0. The Labute approximate surface area is 61.6 Å². The molecule has 2 aliphatic rings. The highest BCUT2D eigenvalue weighted by molar-refractivity contribution is 4.92. The third kappa shape index (κ3) is 0.956. The van der Waals surface area contributed by atoms with E-state index in [1.807, 2.05) is 0 Å². The van der Waals surface area contributed by atoms with Gasteiger partial charge < -0.3 is 10.4 Å². The maximum absolute atomic E-state index is 8.97. The van der Waals surface area contributed by atoms with E-state index in [-0.39, 0.29) is 0 Å². The van der Waals surface area contributed by atoms with Crippen LogP contribution in [-0.4, -0.2) is 23.8 Å². The minimum atomic E-state index is 0.379. The van der Waals surface area contributed by atoms with E-state index in [1.54, 1.807) is 0 Å². The summed E-state index contributed by atoms with van der Waals surface area (Å²) in [5.41, 5.74) is 0. The molecule has 0 radical (unpaired) electrons. The summed E-state index contributed by atoms with van der Waals surface area (Å²) in [6.45, 7) is 0.379. The van der Waals surface area contributed by atoms with Gasteiger partial charge >= 0.3 is 0 Å². The molecule has 10 heavy (non-hydrogen) atoms. The van der Waals surface area contributed by atoms with Gasteiger partial charge in [0.15, 0.2) is 0 Å². The Balaban J connectivity index is 2.00. The number of hydrogen-bond donors (Lipinski definition) is 2. The van der Waals surface area contributed by atoms with Crippen LogP contribution in [0.5, 0.6) is 0 Å². The van der Waals surface area contributed by atoms with E-state index in [4.69, 9.17) is 5.11 Å². The summed E-state index contributed by atoms with van der Waals surface area (Å²) in [7, 11) is 0. The molecule has 2 rings (SSSR count). The zero-order valence-electron chi connectivity index (χ0n) is 6.21. The molecule has 2 aliphatic heterocycles. The highest BCUT2D eigenvalue weighted by Crippen LogP contribution is 2.30. The topological polar surface area (TPSA) is 32.3 Å². The Bertz CT molecular complexity index is 126. The van der Waals surface area contributed by atoms with Gasteiger partial charge in [-0.05, 0) is 31.6 Å². The molecule has 2 bridgehead atoms. The van der Waals surface area contributed by atoms with Crippen LogP contribution in [0.2, 0.25) is 0 Å². The van der Waals surface area contributed by atoms with Crippen molar-refractivity contribution < 1.29 is 5.11 Å². The van der Waals surface area contributed by atoms with Crippen LogP contribution in [0.3, 0.4) is 0 Å². The van der Waals surface area contributed by atoms with Crippen LogP contribution in [0.4, 0.5) is 0 Å². The maximum atomic E-state index is 8.97. The second kappa shape index (κ2) is 2.51. The van der Waals surface area contributed by atoms with Crippen molar-refractivity contribution in [3.05, 3.63) is 0 Å². The molecule has 2 heteroatoms. The van der Waals surface area contributed by atoms with Crippen molar-refractivity contribution in [1.82, 2.24) is 5.32 Å². The summed E-state index contributed by atoms with van der Waals surface area (Å²) in [5, 5.41) is 12.5. The molecule has 0 aromatic heterocycles. The van der Waals surface area contributed by atoms with Crippen molar-refractivity contribution >= 4 is 0 Å². The second-order valence-corrected chi connectivity index (χ2v) is 3.57. The first kappa shape index (κ1) is 6.62. The quantitative estimate of drug-likeness (QED) is 0.557. The number of fused-ring (bicyclic) bond motifs is 2. The fraction of sp³-hybridized carbons (Fsp3) is 1.00. The fourth-order valence-corrected chi connectivity index (χ4v) is 2.28. The highest BCUT2D eigenvalue weighted by atomic mass is 16.3. The number of hydrogen-bond acceptors (Lipinski definition) is 2. The second-order valence-electron chi connectivity index (χ2n) is 3.57. The monoisotopic (exact) mass is 141 g/mol. The molecule has 0 aliphatic carbocycles. The molecular weight excluding hydrogens is 126 g/mol. The van der Waals surface area contributed by atoms with Gasteiger partial charge in [-0.15, -0.1) is 0 Å². The van der Waals surface area contributed by atoms with Crippen LogP contribution in [0, 0.1) is 5.92 Å². The third-order valence-corrected chi connectivity index (χ3v) is 2.97. The molecule has 0 amide bonds. The zero-order valence-corrected chi connectivity index (χ0v) is 6.21. The fourth-order valence-electron chi connectivity index (χ4n) is 2.28. The lowest BCUT2D eigenvalue weighted by atomic mass is 9.93. The van der Waals surface area contributed by atoms with Gasteiger partial charge in [0.2, 0.25) is 0 Å². The van der Waals surface area contributed by atoms with E-state index in [0.29, 0.717) is 18.6 Å². The predicted octanol–water partition coefficient (Wildman–Crippen LogP) is 0.509. The Morgan fingerprint density at radius 3 is 2.80 bits per heavy atom. The molecule has 2 N–H and O–H groups in total. The molecule has 0 spiro atoms. The van der Waals surface area contributed by atoms with E-state index < -0.39 is 0 Å². The first-order valence-corrected chi connectivity index (χ1v) is 4.27. The molecule has 0 aromatic rings. The minimum absolute atomic E-state index is 0.379. The Kier molecular flexibility index (Phi) is 1.66. The highest BCUT2D eigenvalue weighted by Gasteiger charge is 2.34. The van der Waals surface area contributed by atoms with E-state index in [0.717, 1.165) is 6.04 Å². The molecule has 0 saturated carbocycles. The molecule has 2 nitrogen and oxygen atoms in total. The summed E-state index contributed by atoms with van der Waals surface area (Å²) in [6.07, 6.45) is 5.14. The van der Waals surface area contributed by atoms with Gasteiger partial charge in [-0.3, -0.25) is 0 Å². The van der Waals surface area contributed by atoms with Crippen molar-refractivity contribution in [2.75, 3.05) is 6.61 Å². The van der Waals surface area contributed by atoms with Gasteiger partial charge in [-0.1, -0.05) is 0 Å². The largest absolute Gasteiger partial charge is 0.396 e. The third-order valence-electron chi connectivity index (χ3n) is 2.97. The molecule has 2 fully saturated rings.